The molecule has 0 spiro atoms. The van der Waals surface area contributed by atoms with Crippen molar-refractivity contribution in [2.75, 3.05) is 7.11 Å². The zero-order valence-corrected chi connectivity index (χ0v) is 13.1. The predicted octanol–water partition coefficient (Wildman–Crippen LogP) is 4.62. The molecule has 0 bridgehead atoms. The van der Waals surface area contributed by atoms with E-state index in [-0.39, 0.29) is 17.9 Å². The number of nitrogens with one attached hydrogen (secondary N) is 1. The van der Waals surface area contributed by atoms with E-state index in [1.165, 1.54) is 15.8 Å². The van der Waals surface area contributed by atoms with Crippen molar-refractivity contribution in [3.8, 4) is 5.75 Å². The Hall–Kier alpha value is -1.39. The van der Waals surface area contributed by atoms with Gasteiger partial charge in [0, 0.05) is 27.4 Å². The van der Waals surface area contributed by atoms with Gasteiger partial charge in [-0.15, -0.1) is 11.3 Å². The predicted molar refractivity (Wildman–Crippen MR) is 82.0 cm³/mol. The SMILES string of the molecule is COc1cccc(F)c1C(C)NC(C)c1ccc(C)s1. The van der Waals surface area contributed by atoms with Crippen molar-refractivity contribution in [2.24, 2.45) is 0 Å². The number of aryl methyl sites for hydroxylation is 1. The van der Waals surface area contributed by atoms with Crippen LogP contribution in [0.3, 0.4) is 0 Å². The van der Waals surface area contributed by atoms with Gasteiger partial charge in [0.15, 0.2) is 0 Å². The summed E-state index contributed by atoms with van der Waals surface area (Å²) in [4.78, 5) is 2.54. The van der Waals surface area contributed by atoms with Crippen LogP contribution in [0.2, 0.25) is 0 Å². The largest absolute Gasteiger partial charge is 0.496 e. The van der Waals surface area contributed by atoms with Gasteiger partial charge in [0.25, 0.3) is 0 Å². The second kappa shape index (κ2) is 6.37. The van der Waals surface area contributed by atoms with Crippen LogP contribution < -0.4 is 10.1 Å². The number of methoxy groups -OCH3 is 1. The molecule has 0 fully saturated rings. The first-order valence-electron chi connectivity index (χ1n) is 6.67. The van der Waals surface area contributed by atoms with Gasteiger partial charge in [-0.3, -0.25) is 0 Å². The molecule has 2 rings (SSSR count). The van der Waals surface area contributed by atoms with E-state index in [2.05, 4.69) is 31.3 Å². The fraction of sp³-hybridized carbons (Fsp3) is 0.375. The Bertz CT molecular complexity index is 582. The highest BCUT2D eigenvalue weighted by atomic mass is 32.1. The molecule has 2 aromatic rings. The molecule has 108 valence electrons. The molecule has 1 heterocycles. The van der Waals surface area contributed by atoms with Gasteiger partial charge in [0.2, 0.25) is 0 Å². The van der Waals surface area contributed by atoms with Crippen molar-refractivity contribution in [3.05, 3.63) is 51.5 Å². The van der Waals surface area contributed by atoms with Crippen LogP contribution in [-0.4, -0.2) is 7.11 Å². The first-order chi connectivity index (χ1) is 9.52. The minimum absolute atomic E-state index is 0.122. The molecule has 0 aliphatic heterocycles. The third-order valence-corrected chi connectivity index (χ3v) is 4.54. The van der Waals surface area contributed by atoms with Crippen LogP contribution in [0.25, 0.3) is 0 Å². The maximum Gasteiger partial charge on any atom is 0.131 e. The third-order valence-electron chi connectivity index (χ3n) is 3.35. The number of ether oxygens (including phenoxy) is 1. The molecule has 0 amide bonds. The number of thiophene rings is 1. The molecule has 0 aliphatic carbocycles. The Morgan fingerprint density at radius 2 is 1.90 bits per heavy atom. The molecule has 2 atom stereocenters. The highest BCUT2D eigenvalue weighted by molar-refractivity contribution is 7.12. The first-order valence-corrected chi connectivity index (χ1v) is 7.49. The quantitative estimate of drug-likeness (QED) is 0.868. The molecular formula is C16H20FNOS. The molecule has 2 nitrogen and oxygen atoms in total. The fourth-order valence-corrected chi connectivity index (χ4v) is 3.23. The lowest BCUT2D eigenvalue weighted by Gasteiger charge is -2.21. The van der Waals surface area contributed by atoms with E-state index in [0.29, 0.717) is 11.3 Å². The van der Waals surface area contributed by atoms with Gasteiger partial charge < -0.3 is 10.1 Å². The lowest BCUT2D eigenvalue weighted by atomic mass is 10.1. The zero-order chi connectivity index (χ0) is 14.7. The van der Waals surface area contributed by atoms with Crippen LogP contribution in [-0.2, 0) is 0 Å². The Kier molecular flexibility index (Phi) is 4.78. The Labute approximate surface area is 123 Å². The van der Waals surface area contributed by atoms with Crippen molar-refractivity contribution in [1.29, 1.82) is 0 Å². The lowest BCUT2D eigenvalue weighted by molar-refractivity contribution is 0.388. The van der Waals surface area contributed by atoms with E-state index in [9.17, 15) is 4.39 Å². The van der Waals surface area contributed by atoms with Crippen LogP contribution in [0.5, 0.6) is 5.75 Å². The maximum atomic E-state index is 14.0. The summed E-state index contributed by atoms with van der Waals surface area (Å²) in [6.45, 7) is 6.14. The third kappa shape index (κ3) is 3.19. The number of halogens is 1. The van der Waals surface area contributed by atoms with E-state index in [1.807, 2.05) is 6.92 Å². The summed E-state index contributed by atoms with van der Waals surface area (Å²) in [6, 6.07) is 9.19. The maximum absolute atomic E-state index is 14.0. The normalized spacial score (nSPS) is 14.1. The van der Waals surface area contributed by atoms with Gasteiger partial charge in [-0.05, 0) is 45.0 Å². The highest BCUT2D eigenvalue weighted by Gasteiger charge is 2.19. The Balaban J connectivity index is 2.18. The average Bonchev–Trinajstić information content (AvgIpc) is 2.84. The van der Waals surface area contributed by atoms with Gasteiger partial charge in [-0.2, -0.15) is 0 Å². The van der Waals surface area contributed by atoms with Crippen LogP contribution in [0.4, 0.5) is 4.39 Å². The topological polar surface area (TPSA) is 21.3 Å². The fourth-order valence-electron chi connectivity index (χ4n) is 2.34. The molecule has 1 aromatic heterocycles. The molecule has 1 N–H and O–H groups in total. The molecular weight excluding hydrogens is 273 g/mol. The number of hydrogen-bond donors (Lipinski definition) is 1. The summed E-state index contributed by atoms with van der Waals surface area (Å²) in [5.41, 5.74) is 0.579. The molecule has 0 radical (unpaired) electrons. The van der Waals surface area contributed by atoms with Crippen molar-refractivity contribution in [3.63, 3.8) is 0 Å². The minimum Gasteiger partial charge on any atom is -0.496 e. The summed E-state index contributed by atoms with van der Waals surface area (Å²) >= 11 is 1.76. The summed E-state index contributed by atoms with van der Waals surface area (Å²) in [5, 5.41) is 3.43. The molecule has 2 unspecified atom stereocenters. The molecule has 0 saturated carbocycles. The first kappa shape index (κ1) is 15.0. The number of rotatable bonds is 5. The van der Waals surface area contributed by atoms with E-state index in [1.54, 1.807) is 30.6 Å². The van der Waals surface area contributed by atoms with Crippen LogP contribution in [0, 0.1) is 12.7 Å². The average molecular weight is 293 g/mol. The Morgan fingerprint density at radius 3 is 2.50 bits per heavy atom. The van der Waals surface area contributed by atoms with Crippen LogP contribution >= 0.6 is 11.3 Å². The smallest absolute Gasteiger partial charge is 0.131 e. The lowest BCUT2D eigenvalue weighted by Crippen LogP contribution is -2.23. The second-order valence-corrected chi connectivity index (χ2v) is 6.23. The van der Waals surface area contributed by atoms with Gasteiger partial charge in [0.05, 0.1) is 7.11 Å². The minimum atomic E-state index is -0.237. The van der Waals surface area contributed by atoms with Gasteiger partial charge in [0.1, 0.15) is 11.6 Å². The summed E-state index contributed by atoms with van der Waals surface area (Å²) < 4.78 is 19.3. The van der Waals surface area contributed by atoms with Crippen molar-refractivity contribution in [2.45, 2.75) is 32.9 Å². The van der Waals surface area contributed by atoms with Crippen LogP contribution in [0.1, 0.15) is 41.2 Å². The number of hydrogen-bond acceptors (Lipinski definition) is 3. The Morgan fingerprint density at radius 1 is 1.15 bits per heavy atom. The van der Waals surface area contributed by atoms with Crippen molar-refractivity contribution < 1.29 is 9.13 Å². The van der Waals surface area contributed by atoms with Crippen molar-refractivity contribution in [1.82, 2.24) is 5.32 Å². The van der Waals surface area contributed by atoms with Crippen LogP contribution in [0.15, 0.2) is 30.3 Å². The van der Waals surface area contributed by atoms with Gasteiger partial charge >= 0.3 is 0 Å². The molecule has 0 aliphatic rings. The second-order valence-electron chi connectivity index (χ2n) is 4.91. The monoisotopic (exact) mass is 293 g/mol. The van der Waals surface area contributed by atoms with E-state index < -0.39 is 0 Å². The summed E-state index contributed by atoms with van der Waals surface area (Å²) in [7, 11) is 1.57. The zero-order valence-electron chi connectivity index (χ0n) is 12.2. The van der Waals surface area contributed by atoms with E-state index >= 15 is 0 Å². The molecule has 4 heteroatoms. The van der Waals surface area contributed by atoms with E-state index in [4.69, 9.17) is 4.74 Å². The van der Waals surface area contributed by atoms with Gasteiger partial charge in [-0.1, -0.05) is 6.07 Å². The number of benzene rings is 1. The van der Waals surface area contributed by atoms with Crippen molar-refractivity contribution >= 4 is 11.3 Å². The molecule has 1 aromatic carbocycles. The highest BCUT2D eigenvalue weighted by Crippen LogP contribution is 2.30. The van der Waals surface area contributed by atoms with Gasteiger partial charge in [-0.25, -0.2) is 4.39 Å². The van der Waals surface area contributed by atoms with E-state index in [0.717, 1.165) is 0 Å². The molecule has 0 saturated heterocycles. The molecule has 20 heavy (non-hydrogen) atoms. The standard InChI is InChI=1S/C16H20FNOS/c1-10-8-9-15(20-10)11(2)18-12(3)16-13(17)6-5-7-14(16)19-4/h5-9,11-12,18H,1-4H3. The summed E-state index contributed by atoms with van der Waals surface area (Å²) in [5.74, 6) is 0.346. The summed E-state index contributed by atoms with van der Waals surface area (Å²) in [6.07, 6.45) is 0.